The first-order chi connectivity index (χ1) is 12.7. The van der Waals surface area contributed by atoms with E-state index in [4.69, 9.17) is 4.42 Å². The van der Waals surface area contributed by atoms with E-state index in [1.165, 1.54) is 5.56 Å². The second-order valence-electron chi connectivity index (χ2n) is 6.83. The van der Waals surface area contributed by atoms with E-state index in [1.54, 1.807) is 17.1 Å². The number of benzene rings is 1. The number of nitrogens with zero attached hydrogens (tertiary/aromatic N) is 4. The van der Waals surface area contributed by atoms with Crippen molar-refractivity contribution >= 4 is 5.91 Å². The van der Waals surface area contributed by atoms with E-state index in [-0.39, 0.29) is 11.9 Å². The number of amides is 1. The van der Waals surface area contributed by atoms with Gasteiger partial charge in [0.15, 0.2) is 5.69 Å². The fourth-order valence-corrected chi connectivity index (χ4v) is 3.49. The summed E-state index contributed by atoms with van der Waals surface area (Å²) in [6.07, 6.45) is 7.71. The summed E-state index contributed by atoms with van der Waals surface area (Å²) in [5.74, 6) is 0.697. The molecule has 1 fully saturated rings. The van der Waals surface area contributed by atoms with Crippen LogP contribution in [0.2, 0.25) is 0 Å². The molecule has 1 amide bonds. The average molecular weight is 350 g/mol. The van der Waals surface area contributed by atoms with E-state index in [0.717, 1.165) is 37.1 Å². The normalized spacial score (nSPS) is 14.7. The molecular formula is C20H22N4O2. The molecule has 26 heavy (non-hydrogen) atoms. The monoisotopic (exact) mass is 350 g/mol. The Labute approximate surface area is 152 Å². The van der Waals surface area contributed by atoms with E-state index in [0.29, 0.717) is 12.2 Å². The Morgan fingerprint density at radius 3 is 2.69 bits per heavy atom. The lowest BCUT2D eigenvalue weighted by Crippen LogP contribution is -2.38. The van der Waals surface area contributed by atoms with Crippen molar-refractivity contribution in [3.8, 4) is 5.69 Å². The predicted octanol–water partition coefficient (Wildman–Crippen LogP) is 3.75. The Hall–Kier alpha value is -2.89. The zero-order chi connectivity index (χ0) is 17.9. The number of aryl methyl sites for hydroxylation is 1. The summed E-state index contributed by atoms with van der Waals surface area (Å²) in [5.41, 5.74) is 2.43. The summed E-state index contributed by atoms with van der Waals surface area (Å²) < 4.78 is 7.11. The van der Waals surface area contributed by atoms with Gasteiger partial charge in [0.2, 0.25) is 0 Å². The molecule has 1 aromatic carbocycles. The zero-order valence-corrected chi connectivity index (χ0v) is 14.8. The van der Waals surface area contributed by atoms with Crippen molar-refractivity contribution in [2.45, 2.75) is 45.2 Å². The highest BCUT2D eigenvalue weighted by Gasteiger charge is 2.29. The number of hydrogen-bond acceptors (Lipinski definition) is 4. The van der Waals surface area contributed by atoms with Crippen LogP contribution in [0.15, 0.2) is 53.3 Å². The maximum absolute atomic E-state index is 13.1. The highest BCUT2D eigenvalue weighted by molar-refractivity contribution is 5.92. The second kappa shape index (κ2) is 7.15. The molecular weight excluding hydrogens is 328 g/mol. The highest BCUT2D eigenvalue weighted by Crippen LogP contribution is 2.26. The van der Waals surface area contributed by atoms with Crippen molar-refractivity contribution in [1.82, 2.24) is 19.9 Å². The lowest BCUT2D eigenvalue weighted by Gasteiger charge is -2.27. The molecule has 134 valence electrons. The van der Waals surface area contributed by atoms with E-state index < -0.39 is 0 Å². The van der Waals surface area contributed by atoms with Gasteiger partial charge in [0, 0.05) is 6.04 Å². The standard InChI is InChI=1S/C20H22N4O2/c1-15-8-10-17(11-9-15)24-14-19(21-22-24)20(25)23(16-5-2-3-6-16)13-18-7-4-12-26-18/h4,7-12,14,16H,2-3,5-6,13H2,1H3. The molecule has 3 aromatic rings. The predicted molar refractivity (Wildman–Crippen MR) is 96.9 cm³/mol. The first-order valence-electron chi connectivity index (χ1n) is 9.03. The van der Waals surface area contributed by atoms with Crippen molar-refractivity contribution in [2.24, 2.45) is 0 Å². The molecule has 0 saturated heterocycles. The summed E-state index contributed by atoms with van der Waals surface area (Å²) in [6, 6.07) is 11.9. The Morgan fingerprint density at radius 1 is 1.23 bits per heavy atom. The minimum atomic E-state index is -0.0911. The fraction of sp³-hybridized carbons (Fsp3) is 0.350. The number of aromatic nitrogens is 3. The Morgan fingerprint density at radius 2 is 2.00 bits per heavy atom. The highest BCUT2D eigenvalue weighted by atomic mass is 16.3. The lowest BCUT2D eigenvalue weighted by atomic mass is 10.2. The van der Waals surface area contributed by atoms with Crippen LogP contribution in [0.1, 0.15) is 47.5 Å². The Kier molecular flexibility index (Phi) is 4.56. The van der Waals surface area contributed by atoms with Gasteiger partial charge in [0.05, 0.1) is 24.7 Å². The minimum absolute atomic E-state index is 0.0911. The van der Waals surface area contributed by atoms with Crippen LogP contribution in [0, 0.1) is 6.92 Å². The number of carbonyl (C=O) groups excluding carboxylic acids is 1. The Balaban J connectivity index is 1.58. The van der Waals surface area contributed by atoms with Gasteiger partial charge in [-0.25, -0.2) is 4.68 Å². The van der Waals surface area contributed by atoms with Gasteiger partial charge in [-0.3, -0.25) is 4.79 Å². The van der Waals surface area contributed by atoms with E-state index in [9.17, 15) is 4.79 Å². The molecule has 0 aliphatic heterocycles. The molecule has 6 nitrogen and oxygen atoms in total. The fourth-order valence-electron chi connectivity index (χ4n) is 3.49. The molecule has 1 aliphatic rings. The first kappa shape index (κ1) is 16.6. The van der Waals surface area contributed by atoms with Gasteiger partial charge in [-0.2, -0.15) is 0 Å². The van der Waals surface area contributed by atoms with Crippen LogP contribution in [0.25, 0.3) is 5.69 Å². The zero-order valence-electron chi connectivity index (χ0n) is 14.8. The molecule has 2 heterocycles. The summed E-state index contributed by atoms with van der Waals surface area (Å²) >= 11 is 0. The largest absolute Gasteiger partial charge is 0.467 e. The van der Waals surface area contributed by atoms with Crippen LogP contribution in [-0.4, -0.2) is 31.8 Å². The van der Waals surface area contributed by atoms with Crippen LogP contribution in [0.5, 0.6) is 0 Å². The Bertz CT molecular complexity index is 862. The SMILES string of the molecule is Cc1ccc(-n2cc(C(=O)N(Cc3ccco3)C3CCCC3)nn2)cc1. The summed E-state index contributed by atoms with van der Waals surface area (Å²) in [6.45, 7) is 2.50. The van der Waals surface area contributed by atoms with E-state index in [2.05, 4.69) is 10.3 Å². The van der Waals surface area contributed by atoms with Gasteiger partial charge < -0.3 is 9.32 Å². The molecule has 2 aromatic heterocycles. The molecule has 1 aliphatic carbocycles. The average Bonchev–Trinajstić information content (AvgIpc) is 3.42. The van der Waals surface area contributed by atoms with E-state index in [1.807, 2.05) is 48.2 Å². The smallest absolute Gasteiger partial charge is 0.276 e. The van der Waals surface area contributed by atoms with Crippen LogP contribution in [0.4, 0.5) is 0 Å². The molecule has 0 spiro atoms. The number of rotatable bonds is 5. The third kappa shape index (κ3) is 3.40. The van der Waals surface area contributed by atoms with Crippen LogP contribution in [-0.2, 0) is 6.54 Å². The molecule has 4 rings (SSSR count). The third-order valence-electron chi connectivity index (χ3n) is 4.94. The molecule has 0 N–H and O–H groups in total. The molecule has 0 radical (unpaired) electrons. The maximum Gasteiger partial charge on any atom is 0.276 e. The van der Waals surface area contributed by atoms with Crippen molar-refractivity contribution in [2.75, 3.05) is 0 Å². The molecule has 6 heteroatoms. The van der Waals surface area contributed by atoms with Crippen LogP contribution >= 0.6 is 0 Å². The van der Waals surface area contributed by atoms with Crippen molar-refractivity contribution < 1.29 is 9.21 Å². The third-order valence-corrected chi connectivity index (χ3v) is 4.94. The first-order valence-corrected chi connectivity index (χ1v) is 9.03. The van der Waals surface area contributed by atoms with Gasteiger partial charge in [-0.1, -0.05) is 35.8 Å². The molecule has 0 unspecified atom stereocenters. The van der Waals surface area contributed by atoms with Gasteiger partial charge in [0.1, 0.15) is 5.76 Å². The summed E-state index contributed by atoms with van der Waals surface area (Å²) in [4.78, 5) is 15.0. The number of carbonyl (C=O) groups is 1. The van der Waals surface area contributed by atoms with Gasteiger partial charge >= 0.3 is 0 Å². The van der Waals surface area contributed by atoms with Crippen molar-refractivity contribution in [3.05, 3.63) is 65.9 Å². The molecule has 0 atom stereocenters. The number of furan rings is 1. The molecule has 1 saturated carbocycles. The number of hydrogen-bond donors (Lipinski definition) is 0. The topological polar surface area (TPSA) is 64.2 Å². The second-order valence-corrected chi connectivity index (χ2v) is 6.83. The van der Waals surface area contributed by atoms with Crippen LogP contribution < -0.4 is 0 Å². The van der Waals surface area contributed by atoms with E-state index >= 15 is 0 Å². The van der Waals surface area contributed by atoms with Crippen molar-refractivity contribution in [3.63, 3.8) is 0 Å². The minimum Gasteiger partial charge on any atom is -0.467 e. The summed E-state index contributed by atoms with van der Waals surface area (Å²) in [7, 11) is 0. The summed E-state index contributed by atoms with van der Waals surface area (Å²) in [5, 5.41) is 8.27. The van der Waals surface area contributed by atoms with Gasteiger partial charge in [-0.05, 0) is 44.0 Å². The molecule has 0 bridgehead atoms. The van der Waals surface area contributed by atoms with Gasteiger partial charge in [-0.15, -0.1) is 5.10 Å². The quantitative estimate of drug-likeness (QED) is 0.703. The lowest BCUT2D eigenvalue weighted by molar-refractivity contribution is 0.0642. The maximum atomic E-state index is 13.1. The van der Waals surface area contributed by atoms with Crippen molar-refractivity contribution in [1.29, 1.82) is 0 Å². The van der Waals surface area contributed by atoms with Gasteiger partial charge in [0.25, 0.3) is 5.91 Å². The van der Waals surface area contributed by atoms with Crippen LogP contribution in [0.3, 0.4) is 0 Å².